The molecule has 0 unspecified atom stereocenters. The number of allylic oxidation sites excluding steroid dienone is 2. The Balaban J connectivity index is 1.38. The first-order valence-electron chi connectivity index (χ1n) is 9.39. The van der Waals surface area contributed by atoms with Crippen LogP contribution in [0.2, 0.25) is 0 Å². The van der Waals surface area contributed by atoms with E-state index in [-0.39, 0.29) is 41.2 Å². The number of nitrogens with zero attached hydrogens (tertiary/aromatic N) is 3. The van der Waals surface area contributed by atoms with Crippen molar-refractivity contribution in [3.8, 4) is 11.3 Å². The van der Waals surface area contributed by atoms with E-state index in [0.717, 1.165) is 17.0 Å². The fourth-order valence-electron chi connectivity index (χ4n) is 4.67. The number of fused-ring (bicyclic) bond motifs is 5. The molecule has 2 aliphatic carbocycles. The zero-order valence-corrected chi connectivity index (χ0v) is 15.5. The maximum atomic E-state index is 12.6. The molecule has 146 valence electrons. The molecule has 0 spiro atoms. The minimum atomic E-state index is -0.461. The summed E-state index contributed by atoms with van der Waals surface area (Å²) in [6.45, 7) is 1.83. The van der Waals surface area contributed by atoms with Crippen molar-refractivity contribution in [1.29, 1.82) is 0 Å². The first kappa shape index (κ1) is 17.5. The van der Waals surface area contributed by atoms with Crippen LogP contribution < -0.4 is 0 Å². The molecule has 2 heterocycles. The zero-order chi connectivity index (χ0) is 20.3. The Morgan fingerprint density at radius 1 is 1.14 bits per heavy atom. The number of nitro benzene ring substituents is 1. The summed E-state index contributed by atoms with van der Waals surface area (Å²) >= 11 is 0. The maximum absolute atomic E-state index is 12.6. The standard InChI is InChI=1S/C21H17N3O5/c1-11-2-5-14(24(27)28)9-16(11)17-7-6-15(29-17)10-22-23-20(25)18-12-3-4-13(8-12)19(18)21(23)26/h2-7,9-10,12-13,18-19H,8H2,1H3/b22-10-/t12-,13+,18+,19-. The third-order valence-electron chi connectivity index (χ3n) is 6.07. The van der Waals surface area contributed by atoms with E-state index in [1.165, 1.54) is 18.3 Å². The Labute approximate surface area is 165 Å². The third kappa shape index (κ3) is 2.63. The van der Waals surface area contributed by atoms with Crippen LogP contribution in [-0.4, -0.2) is 28.0 Å². The van der Waals surface area contributed by atoms with Gasteiger partial charge >= 0.3 is 0 Å². The molecule has 0 radical (unpaired) electrons. The first-order chi connectivity index (χ1) is 13.9. The number of furan rings is 1. The van der Waals surface area contributed by atoms with Crippen molar-refractivity contribution in [1.82, 2.24) is 5.01 Å². The second-order valence-corrected chi connectivity index (χ2v) is 7.69. The quantitative estimate of drug-likeness (QED) is 0.261. The fourth-order valence-corrected chi connectivity index (χ4v) is 4.67. The molecule has 1 aromatic heterocycles. The van der Waals surface area contributed by atoms with Crippen molar-refractivity contribution < 1.29 is 18.9 Å². The Bertz CT molecular complexity index is 1090. The highest BCUT2D eigenvalue weighted by Gasteiger charge is 2.59. The summed E-state index contributed by atoms with van der Waals surface area (Å²) in [5, 5.41) is 16.1. The molecule has 4 atom stereocenters. The van der Waals surface area contributed by atoms with Gasteiger partial charge in [0.2, 0.25) is 0 Å². The van der Waals surface area contributed by atoms with Crippen LogP contribution in [0.4, 0.5) is 5.69 Å². The summed E-state index contributed by atoms with van der Waals surface area (Å²) < 4.78 is 5.73. The number of non-ortho nitro benzene ring substituents is 1. The maximum Gasteiger partial charge on any atom is 0.270 e. The van der Waals surface area contributed by atoms with E-state index in [1.54, 1.807) is 18.2 Å². The van der Waals surface area contributed by atoms with Crippen LogP contribution in [-0.2, 0) is 9.59 Å². The van der Waals surface area contributed by atoms with Gasteiger partial charge in [0.05, 0.1) is 23.0 Å². The highest BCUT2D eigenvalue weighted by atomic mass is 16.6. The van der Waals surface area contributed by atoms with Gasteiger partial charge in [-0.1, -0.05) is 18.2 Å². The van der Waals surface area contributed by atoms with E-state index >= 15 is 0 Å². The average Bonchev–Trinajstić information content (AvgIpc) is 3.46. The number of amides is 2. The normalized spacial score (nSPS) is 27.4. The lowest BCUT2D eigenvalue weighted by Gasteiger charge is -2.13. The third-order valence-corrected chi connectivity index (χ3v) is 6.07. The number of rotatable bonds is 4. The van der Waals surface area contributed by atoms with Crippen LogP contribution in [0.25, 0.3) is 11.3 Å². The Morgan fingerprint density at radius 2 is 1.83 bits per heavy atom. The highest BCUT2D eigenvalue weighted by Crippen LogP contribution is 2.52. The summed E-state index contributed by atoms with van der Waals surface area (Å²) in [4.78, 5) is 35.9. The molecule has 8 nitrogen and oxygen atoms in total. The zero-order valence-electron chi connectivity index (χ0n) is 15.5. The van der Waals surface area contributed by atoms with Crippen LogP contribution in [0, 0.1) is 40.7 Å². The summed E-state index contributed by atoms with van der Waals surface area (Å²) in [5.41, 5.74) is 1.40. The lowest BCUT2D eigenvalue weighted by Crippen LogP contribution is -2.28. The topological polar surface area (TPSA) is 106 Å². The minimum absolute atomic E-state index is 0.0275. The summed E-state index contributed by atoms with van der Waals surface area (Å²) in [5.74, 6) is -0.0367. The molecule has 2 bridgehead atoms. The number of carbonyl (C=O) groups excluding carboxylic acids is 2. The number of carbonyl (C=O) groups is 2. The second kappa shape index (κ2) is 6.23. The Kier molecular flexibility index (Phi) is 3.77. The monoisotopic (exact) mass is 391 g/mol. The predicted molar refractivity (Wildman–Crippen MR) is 103 cm³/mol. The van der Waals surface area contributed by atoms with Crippen molar-refractivity contribution in [3.05, 3.63) is 63.9 Å². The molecule has 5 rings (SSSR count). The molecule has 2 amide bonds. The van der Waals surface area contributed by atoms with Gasteiger partial charge in [-0.15, -0.1) is 0 Å². The molecule has 1 saturated carbocycles. The number of benzene rings is 1. The van der Waals surface area contributed by atoms with E-state index in [4.69, 9.17) is 4.42 Å². The van der Waals surface area contributed by atoms with E-state index in [0.29, 0.717) is 17.1 Å². The van der Waals surface area contributed by atoms with Gasteiger partial charge in [-0.3, -0.25) is 19.7 Å². The van der Waals surface area contributed by atoms with Crippen LogP contribution in [0.1, 0.15) is 17.7 Å². The van der Waals surface area contributed by atoms with Gasteiger partial charge < -0.3 is 4.42 Å². The lowest BCUT2D eigenvalue weighted by atomic mass is 9.85. The highest BCUT2D eigenvalue weighted by molar-refractivity contribution is 6.06. The molecule has 29 heavy (non-hydrogen) atoms. The molecule has 2 aromatic rings. The van der Waals surface area contributed by atoms with E-state index in [2.05, 4.69) is 5.10 Å². The van der Waals surface area contributed by atoms with Crippen molar-refractivity contribution >= 4 is 23.7 Å². The van der Waals surface area contributed by atoms with E-state index in [9.17, 15) is 19.7 Å². The van der Waals surface area contributed by atoms with Gasteiger partial charge in [-0.2, -0.15) is 10.1 Å². The van der Waals surface area contributed by atoms with Crippen LogP contribution in [0.15, 0.2) is 52.0 Å². The molecular formula is C21H17N3O5. The van der Waals surface area contributed by atoms with Crippen molar-refractivity contribution in [2.75, 3.05) is 0 Å². The van der Waals surface area contributed by atoms with Crippen LogP contribution >= 0.6 is 0 Å². The average molecular weight is 391 g/mol. The molecule has 8 heteroatoms. The molecule has 1 aliphatic heterocycles. The van der Waals surface area contributed by atoms with Gasteiger partial charge in [0.15, 0.2) is 0 Å². The van der Waals surface area contributed by atoms with Gasteiger partial charge in [0.1, 0.15) is 11.5 Å². The molecule has 0 N–H and O–H groups in total. The van der Waals surface area contributed by atoms with Crippen molar-refractivity contribution in [2.45, 2.75) is 13.3 Å². The summed E-state index contributed by atoms with van der Waals surface area (Å²) in [6.07, 6.45) is 6.27. The minimum Gasteiger partial charge on any atom is -0.455 e. The predicted octanol–water partition coefficient (Wildman–Crippen LogP) is 3.30. The molecule has 1 aromatic carbocycles. The largest absolute Gasteiger partial charge is 0.455 e. The van der Waals surface area contributed by atoms with Crippen molar-refractivity contribution in [3.63, 3.8) is 0 Å². The number of imide groups is 1. The molecule has 2 fully saturated rings. The molecule has 3 aliphatic rings. The summed E-state index contributed by atoms with van der Waals surface area (Å²) in [6, 6.07) is 7.88. The number of hydrogen-bond acceptors (Lipinski definition) is 6. The lowest BCUT2D eigenvalue weighted by molar-refractivity contribution is -0.384. The van der Waals surface area contributed by atoms with Gasteiger partial charge in [-0.05, 0) is 42.9 Å². The number of aryl methyl sites for hydroxylation is 1. The molecular weight excluding hydrogens is 374 g/mol. The Morgan fingerprint density at radius 3 is 2.48 bits per heavy atom. The Hall–Kier alpha value is -3.55. The van der Waals surface area contributed by atoms with Crippen LogP contribution in [0.5, 0.6) is 0 Å². The van der Waals surface area contributed by atoms with Gasteiger partial charge in [0, 0.05) is 17.7 Å². The SMILES string of the molecule is Cc1ccc([N+](=O)[O-])cc1-c1ccc(/C=N\N2C(=O)[C@@H]3[C@H](C2=O)[C@H]2C=C[C@@H]3C2)o1. The van der Waals surface area contributed by atoms with Gasteiger partial charge in [-0.25, -0.2) is 0 Å². The second-order valence-electron chi connectivity index (χ2n) is 7.69. The van der Waals surface area contributed by atoms with Crippen LogP contribution in [0.3, 0.4) is 0 Å². The number of hydrazone groups is 1. The fraction of sp³-hybridized carbons (Fsp3) is 0.286. The molecule has 1 saturated heterocycles. The van der Waals surface area contributed by atoms with E-state index < -0.39 is 4.92 Å². The smallest absolute Gasteiger partial charge is 0.270 e. The van der Waals surface area contributed by atoms with Gasteiger partial charge in [0.25, 0.3) is 17.5 Å². The first-order valence-corrected chi connectivity index (χ1v) is 9.39. The van der Waals surface area contributed by atoms with E-state index in [1.807, 2.05) is 19.1 Å². The number of hydrogen-bond donors (Lipinski definition) is 0. The van der Waals surface area contributed by atoms with Crippen molar-refractivity contribution in [2.24, 2.45) is 28.8 Å². The summed E-state index contributed by atoms with van der Waals surface area (Å²) in [7, 11) is 0. The number of nitro groups is 1.